The third-order valence-corrected chi connectivity index (χ3v) is 5.07. The van der Waals surface area contributed by atoms with Crippen molar-refractivity contribution in [3.63, 3.8) is 0 Å². The smallest absolute Gasteiger partial charge is 0.0254 e. The molecule has 4 unspecified atom stereocenters. The lowest BCUT2D eigenvalue weighted by atomic mass is 9.71. The van der Waals surface area contributed by atoms with Gasteiger partial charge >= 0.3 is 0 Å². The fourth-order valence-corrected chi connectivity index (χ4v) is 4.36. The Morgan fingerprint density at radius 3 is 2.47 bits per heavy atom. The molecule has 88 valence electrons. The standard InChI is InChI=1S/C14H25Cl/c1-10(2)7-12-5-3-11-4-6-14(12)13(8-11)9-15/h10-14H,3-9H2,1-2H3. The highest BCUT2D eigenvalue weighted by Gasteiger charge is 2.38. The van der Waals surface area contributed by atoms with Crippen LogP contribution in [0.5, 0.6) is 0 Å². The predicted octanol–water partition coefficient (Wildman–Crippen LogP) is 4.71. The molecule has 3 rings (SSSR count). The lowest BCUT2D eigenvalue weighted by Crippen LogP contribution is -2.28. The van der Waals surface area contributed by atoms with Gasteiger partial charge in [-0.1, -0.05) is 26.7 Å². The van der Waals surface area contributed by atoms with Gasteiger partial charge in [-0.25, -0.2) is 0 Å². The monoisotopic (exact) mass is 228 g/mol. The van der Waals surface area contributed by atoms with Gasteiger partial charge < -0.3 is 0 Å². The molecule has 0 nitrogen and oxygen atoms in total. The van der Waals surface area contributed by atoms with Gasteiger partial charge in [0.1, 0.15) is 0 Å². The third kappa shape index (κ3) is 2.70. The van der Waals surface area contributed by atoms with Gasteiger partial charge in [0.05, 0.1) is 0 Å². The van der Waals surface area contributed by atoms with Crippen LogP contribution in [0.1, 0.15) is 52.4 Å². The fourth-order valence-electron chi connectivity index (χ4n) is 4.01. The molecule has 3 saturated carbocycles. The second-order valence-corrected chi connectivity index (χ2v) is 6.53. The van der Waals surface area contributed by atoms with Gasteiger partial charge in [-0.2, -0.15) is 0 Å². The summed E-state index contributed by atoms with van der Waals surface area (Å²) in [6.07, 6.45) is 8.81. The molecule has 0 radical (unpaired) electrons. The van der Waals surface area contributed by atoms with E-state index in [0.29, 0.717) is 0 Å². The normalized spacial score (nSPS) is 40.8. The summed E-state index contributed by atoms with van der Waals surface area (Å²) in [5.74, 6) is 5.59. The van der Waals surface area contributed by atoms with Crippen LogP contribution in [0, 0.1) is 29.6 Å². The Kier molecular flexibility index (Phi) is 3.98. The number of halogens is 1. The highest BCUT2D eigenvalue weighted by atomic mass is 35.5. The quantitative estimate of drug-likeness (QED) is 0.614. The molecule has 0 N–H and O–H groups in total. The molecule has 0 aliphatic heterocycles. The van der Waals surface area contributed by atoms with Crippen molar-refractivity contribution in [1.82, 2.24) is 0 Å². The lowest BCUT2D eigenvalue weighted by molar-refractivity contribution is 0.163. The van der Waals surface area contributed by atoms with Crippen LogP contribution in [0.15, 0.2) is 0 Å². The topological polar surface area (TPSA) is 0 Å². The largest absolute Gasteiger partial charge is 0.126 e. The van der Waals surface area contributed by atoms with Crippen LogP contribution < -0.4 is 0 Å². The van der Waals surface area contributed by atoms with Gasteiger partial charge in [-0.3, -0.25) is 0 Å². The summed E-state index contributed by atoms with van der Waals surface area (Å²) in [6, 6.07) is 0. The number of alkyl halides is 1. The Balaban J connectivity index is 2.04. The van der Waals surface area contributed by atoms with Crippen LogP contribution in [0.3, 0.4) is 0 Å². The summed E-state index contributed by atoms with van der Waals surface area (Å²) in [7, 11) is 0. The van der Waals surface area contributed by atoms with Gasteiger partial charge in [0.2, 0.25) is 0 Å². The van der Waals surface area contributed by atoms with E-state index in [1.165, 1.54) is 38.5 Å². The Bertz CT molecular complexity index is 200. The summed E-state index contributed by atoms with van der Waals surface area (Å²) in [6.45, 7) is 4.74. The van der Waals surface area contributed by atoms with Crippen molar-refractivity contribution >= 4 is 11.6 Å². The van der Waals surface area contributed by atoms with E-state index < -0.39 is 0 Å². The Labute approximate surface area is 99.8 Å². The molecule has 2 bridgehead atoms. The van der Waals surface area contributed by atoms with Crippen LogP contribution in [0.2, 0.25) is 0 Å². The Hall–Kier alpha value is 0.290. The first-order valence-electron chi connectivity index (χ1n) is 6.76. The molecular weight excluding hydrogens is 204 g/mol. The minimum absolute atomic E-state index is 0.844. The molecule has 0 amide bonds. The molecule has 0 aromatic heterocycles. The summed E-state index contributed by atoms with van der Waals surface area (Å²) < 4.78 is 0. The van der Waals surface area contributed by atoms with Crippen LogP contribution >= 0.6 is 11.6 Å². The zero-order valence-electron chi connectivity index (χ0n) is 10.2. The Morgan fingerprint density at radius 1 is 1.07 bits per heavy atom. The van der Waals surface area contributed by atoms with Gasteiger partial charge in [0, 0.05) is 5.88 Å². The van der Waals surface area contributed by atoms with Crippen molar-refractivity contribution in [2.75, 3.05) is 5.88 Å². The number of fused-ring (bicyclic) bond motifs is 4. The average molecular weight is 229 g/mol. The number of hydrogen-bond donors (Lipinski definition) is 0. The van der Waals surface area contributed by atoms with Crippen molar-refractivity contribution in [2.24, 2.45) is 29.6 Å². The summed E-state index contributed by atoms with van der Waals surface area (Å²) in [5, 5.41) is 0. The van der Waals surface area contributed by atoms with Crippen molar-refractivity contribution in [2.45, 2.75) is 52.4 Å². The molecule has 0 aromatic carbocycles. The minimum atomic E-state index is 0.844. The summed E-state index contributed by atoms with van der Waals surface area (Å²) in [5.41, 5.74) is 0. The second kappa shape index (κ2) is 5.08. The summed E-state index contributed by atoms with van der Waals surface area (Å²) in [4.78, 5) is 0. The van der Waals surface area contributed by atoms with Crippen LogP contribution in [-0.4, -0.2) is 5.88 Å². The van der Waals surface area contributed by atoms with Crippen molar-refractivity contribution in [3.05, 3.63) is 0 Å². The molecule has 1 heteroatoms. The van der Waals surface area contributed by atoms with Crippen molar-refractivity contribution in [3.8, 4) is 0 Å². The van der Waals surface area contributed by atoms with Crippen molar-refractivity contribution in [1.29, 1.82) is 0 Å². The van der Waals surface area contributed by atoms with E-state index >= 15 is 0 Å². The summed E-state index contributed by atoms with van der Waals surface area (Å²) >= 11 is 6.15. The molecule has 3 aliphatic rings. The zero-order valence-corrected chi connectivity index (χ0v) is 11.0. The molecule has 0 spiro atoms. The van der Waals surface area contributed by atoms with E-state index in [-0.39, 0.29) is 0 Å². The number of hydrogen-bond acceptors (Lipinski definition) is 0. The average Bonchev–Trinajstić information content (AvgIpc) is 2.49. The van der Waals surface area contributed by atoms with Crippen LogP contribution in [0.4, 0.5) is 0 Å². The molecule has 4 atom stereocenters. The molecule has 0 heterocycles. The minimum Gasteiger partial charge on any atom is -0.126 e. The van der Waals surface area contributed by atoms with Crippen molar-refractivity contribution < 1.29 is 0 Å². The number of rotatable bonds is 3. The zero-order chi connectivity index (χ0) is 10.8. The Morgan fingerprint density at radius 2 is 1.80 bits per heavy atom. The van der Waals surface area contributed by atoms with Gasteiger partial charge in [-0.15, -0.1) is 11.6 Å². The molecule has 15 heavy (non-hydrogen) atoms. The first kappa shape index (κ1) is 11.8. The molecular formula is C14H25Cl. The first-order chi connectivity index (χ1) is 7.20. The van der Waals surface area contributed by atoms with E-state index in [9.17, 15) is 0 Å². The van der Waals surface area contributed by atoms with Gasteiger partial charge in [0.15, 0.2) is 0 Å². The SMILES string of the molecule is CC(C)CC1CCC2CCC1C(CCl)C2. The van der Waals surface area contributed by atoms with E-state index in [4.69, 9.17) is 11.6 Å². The van der Waals surface area contributed by atoms with E-state index in [2.05, 4.69) is 13.8 Å². The van der Waals surface area contributed by atoms with Crippen LogP contribution in [0.25, 0.3) is 0 Å². The van der Waals surface area contributed by atoms with Gasteiger partial charge in [0.25, 0.3) is 0 Å². The maximum atomic E-state index is 6.15. The molecule has 0 saturated heterocycles. The van der Waals surface area contributed by atoms with E-state index in [0.717, 1.165) is 35.5 Å². The molecule has 3 fully saturated rings. The third-order valence-electron chi connectivity index (χ3n) is 4.67. The molecule has 0 aromatic rings. The maximum absolute atomic E-state index is 6.15. The van der Waals surface area contributed by atoms with E-state index in [1.807, 2.05) is 0 Å². The second-order valence-electron chi connectivity index (χ2n) is 6.22. The van der Waals surface area contributed by atoms with Crippen LogP contribution in [-0.2, 0) is 0 Å². The lowest BCUT2D eigenvalue weighted by Gasteiger charge is -2.35. The van der Waals surface area contributed by atoms with E-state index in [1.54, 1.807) is 0 Å². The maximum Gasteiger partial charge on any atom is 0.0254 e. The van der Waals surface area contributed by atoms with Gasteiger partial charge in [-0.05, 0) is 55.3 Å². The highest BCUT2D eigenvalue weighted by Crippen LogP contribution is 2.47. The highest BCUT2D eigenvalue weighted by molar-refractivity contribution is 6.18. The fraction of sp³-hybridized carbons (Fsp3) is 1.00. The first-order valence-corrected chi connectivity index (χ1v) is 7.30. The predicted molar refractivity (Wildman–Crippen MR) is 67.2 cm³/mol. The molecule has 3 aliphatic carbocycles.